The number of nitrogens with two attached hydrogens (primary N) is 1. The quantitative estimate of drug-likeness (QED) is 0.579. The Balaban J connectivity index is 4.97. The Labute approximate surface area is 74.4 Å². The predicted molar refractivity (Wildman–Crippen MR) is 34.1 cm³/mol. The van der Waals surface area contributed by atoms with Gasteiger partial charge in [0, 0.05) is 6.54 Å². The van der Waals surface area contributed by atoms with E-state index in [1.807, 2.05) is 0 Å². The molecule has 0 aliphatic rings. The van der Waals surface area contributed by atoms with Crippen LogP contribution in [-0.4, -0.2) is 24.6 Å². The van der Waals surface area contributed by atoms with Gasteiger partial charge in [-0.25, -0.2) is 0 Å². The number of allylic oxidation sites excluding steroid dienone is 1. The Morgan fingerprint density at radius 3 is 1.64 bits per heavy atom. The summed E-state index contributed by atoms with van der Waals surface area (Å²) in [4.78, 5) is 0. The van der Waals surface area contributed by atoms with Gasteiger partial charge < -0.3 is 5.73 Å². The fourth-order valence-electron chi connectivity index (χ4n) is 0.510. The van der Waals surface area contributed by atoms with E-state index >= 15 is 0 Å². The first-order chi connectivity index (χ1) is 6.06. The van der Waals surface area contributed by atoms with Crippen molar-refractivity contribution in [1.82, 2.24) is 0 Å². The molecule has 0 saturated heterocycles. The number of hydrogen-bond acceptors (Lipinski definition) is 1. The Kier molecular flexibility index (Phi) is 3.54. The maximum absolute atomic E-state index is 12.3. The third kappa shape index (κ3) is 2.37. The summed E-state index contributed by atoms with van der Waals surface area (Å²) < 4.78 is 83.1. The average Bonchev–Trinajstić information content (AvgIpc) is 1.98. The van der Waals surface area contributed by atoms with E-state index in [0.29, 0.717) is 6.08 Å². The molecule has 0 rings (SSSR count). The van der Waals surface area contributed by atoms with Gasteiger partial charge in [0.05, 0.1) is 0 Å². The molecule has 0 aliphatic heterocycles. The molecule has 2 N–H and O–H groups in total. The van der Waals surface area contributed by atoms with Crippen LogP contribution in [0.3, 0.4) is 0 Å². The van der Waals surface area contributed by atoms with Crippen molar-refractivity contribution in [2.45, 2.75) is 18.0 Å². The first-order valence-corrected chi connectivity index (χ1v) is 3.26. The summed E-state index contributed by atoms with van der Waals surface area (Å²) in [6.45, 7) is -0.552. The first kappa shape index (κ1) is 13.2. The standard InChI is InChI=1S/C6H6F7N/c7-4(8,2-1-3-14)5(9,10)6(11,12)13/h1-2H,3,14H2/b2-1+. The van der Waals surface area contributed by atoms with Crippen molar-refractivity contribution in [3.63, 3.8) is 0 Å². The zero-order valence-electron chi connectivity index (χ0n) is 6.58. The van der Waals surface area contributed by atoms with Crippen LogP contribution in [0, 0.1) is 0 Å². The number of alkyl halides is 7. The summed E-state index contributed by atoms with van der Waals surface area (Å²) in [5, 5.41) is 0. The Bertz CT molecular complexity index is 217. The second-order valence-electron chi connectivity index (χ2n) is 2.33. The van der Waals surface area contributed by atoms with Crippen LogP contribution in [0.25, 0.3) is 0 Å². The van der Waals surface area contributed by atoms with Crippen molar-refractivity contribution in [2.75, 3.05) is 6.54 Å². The molecule has 0 amide bonds. The lowest BCUT2D eigenvalue weighted by atomic mass is 10.1. The fourth-order valence-corrected chi connectivity index (χ4v) is 0.510. The minimum absolute atomic E-state index is 0.333. The van der Waals surface area contributed by atoms with Gasteiger partial charge >= 0.3 is 18.0 Å². The normalized spacial score (nSPS) is 15.1. The summed E-state index contributed by atoms with van der Waals surface area (Å²) in [6.07, 6.45) is -6.52. The third-order valence-corrected chi connectivity index (χ3v) is 1.24. The molecule has 0 fully saturated rings. The van der Waals surface area contributed by atoms with E-state index in [9.17, 15) is 30.7 Å². The summed E-state index contributed by atoms with van der Waals surface area (Å²) in [5.41, 5.74) is 4.64. The highest BCUT2D eigenvalue weighted by Gasteiger charge is 2.71. The Hall–Kier alpha value is -0.790. The molecule has 0 bridgehead atoms. The first-order valence-electron chi connectivity index (χ1n) is 3.26. The molecule has 0 spiro atoms. The van der Waals surface area contributed by atoms with Gasteiger partial charge in [0.1, 0.15) is 0 Å². The maximum Gasteiger partial charge on any atom is 0.460 e. The molecule has 8 heteroatoms. The maximum atomic E-state index is 12.3. The van der Waals surface area contributed by atoms with Gasteiger partial charge in [-0.1, -0.05) is 6.08 Å². The second-order valence-corrected chi connectivity index (χ2v) is 2.33. The monoisotopic (exact) mass is 225 g/mol. The number of hydrogen-bond donors (Lipinski definition) is 1. The molecule has 0 aliphatic carbocycles. The highest BCUT2D eigenvalue weighted by atomic mass is 19.4. The van der Waals surface area contributed by atoms with Crippen molar-refractivity contribution >= 4 is 0 Å². The molecule has 0 aromatic carbocycles. The van der Waals surface area contributed by atoms with Crippen LogP contribution in [0.2, 0.25) is 0 Å². The molecule has 1 nitrogen and oxygen atoms in total. The zero-order valence-corrected chi connectivity index (χ0v) is 6.58. The van der Waals surface area contributed by atoms with Gasteiger partial charge in [-0.15, -0.1) is 0 Å². The number of halogens is 7. The van der Waals surface area contributed by atoms with Gasteiger partial charge in [-0.05, 0) is 6.08 Å². The van der Waals surface area contributed by atoms with Crippen molar-refractivity contribution in [1.29, 1.82) is 0 Å². The van der Waals surface area contributed by atoms with Gasteiger partial charge in [0.2, 0.25) is 0 Å². The van der Waals surface area contributed by atoms with Crippen molar-refractivity contribution in [3.8, 4) is 0 Å². The fraction of sp³-hybridized carbons (Fsp3) is 0.667. The smallest absolute Gasteiger partial charge is 0.327 e. The molecular weight excluding hydrogens is 219 g/mol. The van der Waals surface area contributed by atoms with Gasteiger partial charge in [0.15, 0.2) is 0 Å². The molecule has 0 unspecified atom stereocenters. The van der Waals surface area contributed by atoms with E-state index in [1.54, 1.807) is 0 Å². The SMILES string of the molecule is NC/C=C/C(F)(F)C(F)(F)C(F)(F)F. The van der Waals surface area contributed by atoms with Gasteiger partial charge in [-0.3, -0.25) is 0 Å². The minimum Gasteiger partial charge on any atom is -0.327 e. The van der Waals surface area contributed by atoms with E-state index in [1.165, 1.54) is 0 Å². The molecule has 14 heavy (non-hydrogen) atoms. The highest BCUT2D eigenvalue weighted by molar-refractivity contribution is 5.06. The van der Waals surface area contributed by atoms with E-state index in [4.69, 9.17) is 0 Å². The number of rotatable bonds is 3. The average molecular weight is 225 g/mol. The van der Waals surface area contributed by atoms with Crippen LogP contribution in [0.4, 0.5) is 30.7 Å². The van der Waals surface area contributed by atoms with E-state index in [-0.39, 0.29) is 0 Å². The topological polar surface area (TPSA) is 26.0 Å². The molecule has 0 aromatic heterocycles. The lowest BCUT2D eigenvalue weighted by Gasteiger charge is -2.25. The van der Waals surface area contributed by atoms with Crippen LogP contribution in [0.1, 0.15) is 0 Å². The van der Waals surface area contributed by atoms with Gasteiger partial charge in [-0.2, -0.15) is 30.7 Å². The second kappa shape index (κ2) is 3.76. The summed E-state index contributed by atoms with van der Waals surface area (Å²) in [7, 11) is 0. The molecule has 0 radical (unpaired) electrons. The summed E-state index contributed by atoms with van der Waals surface area (Å²) >= 11 is 0. The zero-order chi connectivity index (χ0) is 11.6. The van der Waals surface area contributed by atoms with Crippen molar-refractivity contribution < 1.29 is 30.7 Å². The lowest BCUT2D eigenvalue weighted by molar-refractivity contribution is -0.341. The van der Waals surface area contributed by atoms with E-state index in [0.717, 1.165) is 0 Å². The lowest BCUT2D eigenvalue weighted by Crippen LogP contribution is -2.50. The van der Waals surface area contributed by atoms with Gasteiger partial charge in [0.25, 0.3) is 0 Å². The molecule has 84 valence electrons. The molecule has 0 heterocycles. The summed E-state index contributed by atoms with van der Waals surface area (Å²) in [6, 6.07) is 0. The third-order valence-electron chi connectivity index (χ3n) is 1.24. The predicted octanol–water partition coefficient (Wildman–Crippen LogP) is 2.33. The van der Waals surface area contributed by atoms with Crippen LogP contribution in [-0.2, 0) is 0 Å². The molecule has 0 saturated carbocycles. The van der Waals surface area contributed by atoms with Crippen LogP contribution in [0.15, 0.2) is 12.2 Å². The molecule has 0 aromatic rings. The Morgan fingerprint density at radius 2 is 1.36 bits per heavy atom. The highest BCUT2D eigenvalue weighted by Crippen LogP contribution is 2.46. The summed E-state index contributed by atoms with van der Waals surface area (Å²) in [5.74, 6) is -11.4. The van der Waals surface area contributed by atoms with Crippen molar-refractivity contribution in [2.24, 2.45) is 5.73 Å². The molecule has 0 atom stereocenters. The molecular formula is C6H6F7N. The van der Waals surface area contributed by atoms with Crippen molar-refractivity contribution in [3.05, 3.63) is 12.2 Å². The van der Waals surface area contributed by atoms with Crippen LogP contribution >= 0.6 is 0 Å². The largest absolute Gasteiger partial charge is 0.460 e. The van der Waals surface area contributed by atoms with Crippen LogP contribution in [0.5, 0.6) is 0 Å². The van der Waals surface area contributed by atoms with E-state index in [2.05, 4.69) is 5.73 Å². The van der Waals surface area contributed by atoms with Crippen LogP contribution < -0.4 is 5.73 Å². The minimum atomic E-state index is -6.30. The van der Waals surface area contributed by atoms with E-state index < -0.39 is 30.6 Å². The Morgan fingerprint density at radius 1 is 0.929 bits per heavy atom.